The van der Waals surface area contributed by atoms with E-state index in [9.17, 15) is 9.59 Å². The van der Waals surface area contributed by atoms with Crippen molar-refractivity contribution in [3.63, 3.8) is 0 Å². The molecule has 3 aromatic carbocycles. The van der Waals surface area contributed by atoms with Crippen molar-refractivity contribution >= 4 is 23.4 Å². The maximum absolute atomic E-state index is 13.9. The molecule has 0 spiro atoms. The van der Waals surface area contributed by atoms with Gasteiger partial charge in [0, 0.05) is 24.0 Å². The molecule has 5 heteroatoms. The SMILES string of the molecule is CC[C@H](C)NC(=O)[C@@H](Cc1ccccc1)N(Cc1ccc(Cl)cc1)C(=O)Cc1cc(C)ccc1C. The molecule has 1 N–H and O–H groups in total. The minimum Gasteiger partial charge on any atom is -0.352 e. The molecule has 0 aliphatic rings. The van der Waals surface area contributed by atoms with Gasteiger partial charge in [0.2, 0.25) is 11.8 Å². The second-order valence-corrected chi connectivity index (χ2v) is 9.71. The molecule has 0 heterocycles. The van der Waals surface area contributed by atoms with E-state index in [2.05, 4.69) is 11.4 Å². The summed E-state index contributed by atoms with van der Waals surface area (Å²) >= 11 is 6.10. The molecule has 0 bridgehead atoms. The van der Waals surface area contributed by atoms with Gasteiger partial charge in [-0.05, 0) is 61.6 Å². The number of carbonyl (C=O) groups is 2. The number of amides is 2. The molecule has 0 saturated carbocycles. The second-order valence-electron chi connectivity index (χ2n) is 9.28. The number of nitrogens with zero attached hydrogens (tertiary/aromatic N) is 1. The summed E-state index contributed by atoms with van der Waals surface area (Å²) in [6, 6.07) is 22.8. The van der Waals surface area contributed by atoms with Crippen molar-refractivity contribution in [1.29, 1.82) is 0 Å². The molecule has 4 nitrogen and oxygen atoms in total. The number of benzene rings is 3. The standard InChI is InChI=1S/C30H35ClN2O2/c1-5-23(4)32-30(35)28(18-24-9-7-6-8-10-24)33(20-25-13-15-27(31)16-14-25)29(34)19-26-17-21(2)11-12-22(26)3/h6-17,23,28H,5,18-20H2,1-4H3,(H,32,35)/t23-,28+/m0/s1. The van der Waals surface area contributed by atoms with E-state index in [1.54, 1.807) is 4.90 Å². The summed E-state index contributed by atoms with van der Waals surface area (Å²) in [4.78, 5) is 29.1. The Morgan fingerprint density at radius 1 is 0.943 bits per heavy atom. The Labute approximate surface area is 214 Å². The average molecular weight is 491 g/mol. The van der Waals surface area contributed by atoms with Gasteiger partial charge in [-0.2, -0.15) is 0 Å². The summed E-state index contributed by atoms with van der Waals surface area (Å²) in [7, 11) is 0. The summed E-state index contributed by atoms with van der Waals surface area (Å²) in [6.07, 6.45) is 1.50. The van der Waals surface area contributed by atoms with Crippen LogP contribution in [0.2, 0.25) is 5.02 Å². The Bertz CT molecular complexity index is 1130. The van der Waals surface area contributed by atoms with E-state index in [-0.39, 0.29) is 24.3 Å². The molecule has 3 rings (SSSR count). The van der Waals surface area contributed by atoms with Crippen LogP contribution in [-0.4, -0.2) is 28.8 Å². The lowest BCUT2D eigenvalue weighted by Gasteiger charge is -2.32. The summed E-state index contributed by atoms with van der Waals surface area (Å²) in [5, 5.41) is 3.75. The number of rotatable bonds is 10. The first-order chi connectivity index (χ1) is 16.8. The number of hydrogen-bond donors (Lipinski definition) is 1. The predicted octanol–water partition coefficient (Wildman–Crippen LogP) is 6.05. The van der Waals surface area contributed by atoms with Crippen molar-refractivity contribution in [1.82, 2.24) is 10.2 Å². The van der Waals surface area contributed by atoms with Gasteiger partial charge in [-0.1, -0.05) is 84.8 Å². The topological polar surface area (TPSA) is 49.4 Å². The van der Waals surface area contributed by atoms with Crippen molar-refractivity contribution in [3.05, 3.63) is 106 Å². The third-order valence-corrected chi connectivity index (χ3v) is 6.64. The van der Waals surface area contributed by atoms with Crippen LogP contribution in [0.5, 0.6) is 0 Å². The normalized spacial score (nSPS) is 12.6. The lowest BCUT2D eigenvalue weighted by molar-refractivity contribution is -0.141. The molecule has 35 heavy (non-hydrogen) atoms. The maximum Gasteiger partial charge on any atom is 0.243 e. The van der Waals surface area contributed by atoms with Gasteiger partial charge in [0.05, 0.1) is 6.42 Å². The van der Waals surface area contributed by atoms with E-state index in [1.165, 1.54) is 0 Å². The lowest BCUT2D eigenvalue weighted by atomic mass is 9.99. The zero-order valence-electron chi connectivity index (χ0n) is 21.1. The Hall–Kier alpha value is -3.11. The predicted molar refractivity (Wildman–Crippen MR) is 143 cm³/mol. The third-order valence-electron chi connectivity index (χ3n) is 6.38. The molecule has 0 unspecified atom stereocenters. The van der Waals surface area contributed by atoms with E-state index in [0.29, 0.717) is 18.0 Å². The maximum atomic E-state index is 13.9. The second kappa shape index (κ2) is 12.6. The first-order valence-corrected chi connectivity index (χ1v) is 12.6. The smallest absolute Gasteiger partial charge is 0.243 e. The van der Waals surface area contributed by atoms with Gasteiger partial charge in [-0.15, -0.1) is 0 Å². The largest absolute Gasteiger partial charge is 0.352 e. The molecule has 0 aliphatic carbocycles. The number of carbonyl (C=O) groups excluding carboxylic acids is 2. The Morgan fingerprint density at radius 2 is 1.63 bits per heavy atom. The highest BCUT2D eigenvalue weighted by molar-refractivity contribution is 6.30. The molecule has 3 aromatic rings. The Morgan fingerprint density at radius 3 is 2.29 bits per heavy atom. The molecule has 0 fully saturated rings. The van der Waals surface area contributed by atoms with Gasteiger partial charge < -0.3 is 10.2 Å². The molecule has 0 radical (unpaired) electrons. The van der Waals surface area contributed by atoms with E-state index in [1.807, 2.05) is 94.4 Å². The van der Waals surface area contributed by atoms with E-state index in [0.717, 1.165) is 34.2 Å². The molecule has 0 aliphatic heterocycles. The molecule has 184 valence electrons. The zero-order valence-corrected chi connectivity index (χ0v) is 21.8. The summed E-state index contributed by atoms with van der Waals surface area (Å²) in [6.45, 7) is 8.39. The minimum atomic E-state index is -0.639. The van der Waals surface area contributed by atoms with Crippen LogP contribution in [0.25, 0.3) is 0 Å². The molecule has 0 saturated heterocycles. The van der Waals surface area contributed by atoms with Crippen LogP contribution in [0.1, 0.15) is 48.1 Å². The Balaban J connectivity index is 1.99. The minimum absolute atomic E-state index is 0.0206. The first kappa shape index (κ1) is 26.5. The van der Waals surface area contributed by atoms with Gasteiger partial charge >= 0.3 is 0 Å². The van der Waals surface area contributed by atoms with Gasteiger partial charge in [0.15, 0.2) is 0 Å². The number of aryl methyl sites for hydroxylation is 2. The van der Waals surface area contributed by atoms with Crippen LogP contribution in [0.3, 0.4) is 0 Å². The van der Waals surface area contributed by atoms with E-state index >= 15 is 0 Å². The van der Waals surface area contributed by atoms with Gasteiger partial charge in [0.1, 0.15) is 6.04 Å². The molecule has 2 amide bonds. The first-order valence-electron chi connectivity index (χ1n) is 12.2. The summed E-state index contributed by atoms with van der Waals surface area (Å²) in [5.74, 6) is -0.208. The number of halogens is 1. The molecular formula is C30H35ClN2O2. The van der Waals surface area contributed by atoms with Gasteiger partial charge in [-0.25, -0.2) is 0 Å². The van der Waals surface area contributed by atoms with Crippen molar-refractivity contribution in [2.75, 3.05) is 0 Å². The Kier molecular flexibility index (Phi) is 9.50. The average Bonchev–Trinajstić information content (AvgIpc) is 2.85. The van der Waals surface area contributed by atoms with Crippen LogP contribution in [-0.2, 0) is 29.0 Å². The van der Waals surface area contributed by atoms with Crippen LogP contribution < -0.4 is 5.32 Å². The van der Waals surface area contributed by atoms with Crippen molar-refractivity contribution in [3.8, 4) is 0 Å². The lowest BCUT2D eigenvalue weighted by Crippen LogP contribution is -2.52. The van der Waals surface area contributed by atoms with Crippen LogP contribution >= 0.6 is 11.6 Å². The number of nitrogens with one attached hydrogen (secondary N) is 1. The van der Waals surface area contributed by atoms with Gasteiger partial charge in [0.25, 0.3) is 0 Å². The van der Waals surface area contributed by atoms with Gasteiger partial charge in [-0.3, -0.25) is 9.59 Å². The molecule has 0 aromatic heterocycles. The third kappa shape index (κ3) is 7.69. The van der Waals surface area contributed by atoms with Crippen LogP contribution in [0.4, 0.5) is 0 Å². The molecule has 2 atom stereocenters. The summed E-state index contributed by atoms with van der Waals surface area (Å²) in [5.41, 5.74) is 5.10. The van der Waals surface area contributed by atoms with Crippen molar-refractivity contribution in [2.45, 2.75) is 65.6 Å². The van der Waals surface area contributed by atoms with E-state index < -0.39 is 6.04 Å². The monoisotopic (exact) mass is 490 g/mol. The van der Waals surface area contributed by atoms with Crippen LogP contribution in [0.15, 0.2) is 72.8 Å². The molecular weight excluding hydrogens is 456 g/mol. The highest BCUT2D eigenvalue weighted by atomic mass is 35.5. The fourth-order valence-electron chi connectivity index (χ4n) is 4.04. The number of hydrogen-bond acceptors (Lipinski definition) is 2. The fourth-order valence-corrected chi connectivity index (χ4v) is 4.16. The van der Waals surface area contributed by atoms with Crippen molar-refractivity contribution in [2.24, 2.45) is 0 Å². The quantitative estimate of drug-likeness (QED) is 0.376. The zero-order chi connectivity index (χ0) is 25.4. The highest BCUT2D eigenvalue weighted by Crippen LogP contribution is 2.20. The van der Waals surface area contributed by atoms with E-state index in [4.69, 9.17) is 11.6 Å². The van der Waals surface area contributed by atoms with Crippen molar-refractivity contribution < 1.29 is 9.59 Å². The summed E-state index contributed by atoms with van der Waals surface area (Å²) < 4.78 is 0. The fraction of sp³-hybridized carbons (Fsp3) is 0.333. The highest BCUT2D eigenvalue weighted by Gasteiger charge is 2.31. The van der Waals surface area contributed by atoms with Crippen LogP contribution in [0, 0.1) is 13.8 Å².